The number of nitrogens with zero attached hydrogens (tertiary/aromatic N) is 2. The summed E-state index contributed by atoms with van der Waals surface area (Å²) in [6.07, 6.45) is 1.06. The van der Waals surface area contributed by atoms with E-state index in [1.54, 1.807) is 6.07 Å². The van der Waals surface area contributed by atoms with E-state index in [2.05, 4.69) is 25.7 Å². The van der Waals surface area contributed by atoms with Crippen LogP contribution < -0.4 is 4.74 Å². The Morgan fingerprint density at radius 2 is 2.31 bits per heavy atom. The van der Waals surface area contributed by atoms with Gasteiger partial charge in [-0.05, 0) is 22.0 Å². The highest BCUT2D eigenvalue weighted by Gasteiger charge is 2.10. The van der Waals surface area contributed by atoms with E-state index in [1.165, 1.54) is 6.07 Å². The van der Waals surface area contributed by atoms with E-state index in [9.17, 15) is 8.78 Å². The van der Waals surface area contributed by atoms with Gasteiger partial charge in [0.15, 0.2) is 5.75 Å². The van der Waals surface area contributed by atoms with Gasteiger partial charge in [0.1, 0.15) is 10.7 Å². The number of pyridine rings is 1. The van der Waals surface area contributed by atoms with Gasteiger partial charge in [-0.1, -0.05) is 0 Å². The SMILES string of the molecule is N#Cc1cc(Br)ncc1OC(F)F. The molecule has 0 radical (unpaired) electrons. The molecular formula is C7H3BrF2N2O. The molecule has 0 aliphatic heterocycles. The van der Waals surface area contributed by atoms with Crippen LogP contribution in [0.4, 0.5) is 8.78 Å². The number of aromatic nitrogens is 1. The maximum Gasteiger partial charge on any atom is 0.387 e. The second-order valence-electron chi connectivity index (χ2n) is 1.99. The molecule has 0 unspecified atom stereocenters. The molecule has 3 nitrogen and oxygen atoms in total. The number of hydrogen-bond donors (Lipinski definition) is 0. The Morgan fingerprint density at radius 3 is 2.85 bits per heavy atom. The summed E-state index contributed by atoms with van der Waals surface area (Å²) in [4.78, 5) is 3.65. The van der Waals surface area contributed by atoms with E-state index in [0.717, 1.165) is 6.20 Å². The molecule has 0 N–H and O–H groups in total. The lowest BCUT2D eigenvalue weighted by molar-refractivity contribution is -0.0502. The largest absolute Gasteiger partial charge is 0.432 e. The minimum absolute atomic E-state index is 0.0159. The second-order valence-corrected chi connectivity index (χ2v) is 2.81. The van der Waals surface area contributed by atoms with Crippen LogP contribution >= 0.6 is 15.9 Å². The van der Waals surface area contributed by atoms with E-state index in [1.807, 2.05) is 0 Å². The van der Waals surface area contributed by atoms with Crippen LogP contribution in [-0.2, 0) is 0 Å². The number of ether oxygens (including phenoxy) is 1. The molecule has 1 heterocycles. The van der Waals surface area contributed by atoms with Gasteiger partial charge in [0.05, 0.1) is 11.8 Å². The number of halogens is 3. The Balaban J connectivity index is 3.01. The molecule has 0 saturated carbocycles. The van der Waals surface area contributed by atoms with Crippen LogP contribution in [0.15, 0.2) is 16.9 Å². The molecule has 0 atom stereocenters. The monoisotopic (exact) mass is 248 g/mol. The molecule has 0 spiro atoms. The van der Waals surface area contributed by atoms with E-state index in [0.29, 0.717) is 4.60 Å². The van der Waals surface area contributed by atoms with E-state index in [-0.39, 0.29) is 11.3 Å². The zero-order valence-corrected chi connectivity index (χ0v) is 7.75. The quantitative estimate of drug-likeness (QED) is 0.755. The minimum atomic E-state index is -2.95. The van der Waals surface area contributed by atoms with Gasteiger partial charge in [-0.15, -0.1) is 0 Å². The van der Waals surface area contributed by atoms with Crippen LogP contribution in [0.3, 0.4) is 0 Å². The molecule has 0 amide bonds. The molecule has 0 aromatic carbocycles. The van der Waals surface area contributed by atoms with Crippen molar-refractivity contribution in [3.63, 3.8) is 0 Å². The Kier molecular flexibility index (Phi) is 3.14. The van der Waals surface area contributed by atoms with Crippen molar-refractivity contribution in [3.8, 4) is 11.8 Å². The molecule has 13 heavy (non-hydrogen) atoms. The first kappa shape index (κ1) is 9.86. The first-order valence-corrected chi connectivity index (χ1v) is 3.93. The average Bonchev–Trinajstić information content (AvgIpc) is 2.07. The van der Waals surface area contributed by atoms with Crippen LogP contribution in [0.1, 0.15) is 5.56 Å². The maximum atomic E-state index is 11.8. The van der Waals surface area contributed by atoms with Crippen molar-refractivity contribution in [2.24, 2.45) is 0 Å². The second kappa shape index (κ2) is 4.14. The predicted octanol–water partition coefficient (Wildman–Crippen LogP) is 2.32. The van der Waals surface area contributed by atoms with Gasteiger partial charge in [0.25, 0.3) is 0 Å². The topological polar surface area (TPSA) is 45.9 Å². The molecule has 1 aromatic rings. The zero-order valence-electron chi connectivity index (χ0n) is 6.17. The Morgan fingerprint density at radius 1 is 1.62 bits per heavy atom. The third kappa shape index (κ3) is 2.63. The molecule has 0 bridgehead atoms. The van der Waals surface area contributed by atoms with Gasteiger partial charge >= 0.3 is 6.61 Å². The average molecular weight is 249 g/mol. The van der Waals surface area contributed by atoms with Crippen molar-refractivity contribution in [1.29, 1.82) is 5.26 Å². The fraction of sp³-hybridized carbons (Fsp3) is 0.143. The van der Waals surface area contributed by atoms with Crippen molar-refractivity contribution in [2.75, 3.05) is 0 Å². The maximum absolute atomic E-state index is 11.8. The van der Waals surface area contributed by atoms with Crippen molar-refractivity contribution in [1.82, 2.24) is 4.98 Å². The Hall–Kier alpha value is -1.22. The lowest BCUT2D eigenvalue weighted by atomic mass is 10.3. The Bertz CT molecular complexity index is 351. The molecule has 1 aromatic heterocycles. The van der Waals surface area contributed by atoms with Crippen molar-refractivity contribution < 1.29 is 13.5 Å². The van der Waals surface area contributed by atoms with Crippen LogP contribution in [0.2, 0.25) is 0 Å². The van der Waals surface area contributed by atoms with E-state index in [4.69, 9.17) is 5.26 Å². The standard InChI is InChI=1S/C7H3BrF2N2O/c8-6-1-4(2-11)5(3-12-6)13-7(9)10/h1,3,7H. The third-order valence-corrected chi connectivity index (χ3v) is 1.60. The van der Waals surface area contributed by atoms with Gasteiger partial charge in [-0.25, -0.2) is 4.98 Å². The highest BCUT2D eigenvalue weighted by atomic mass is 79.9. The van der Waals surface area contributed by atoms with Gasteiger partial charge < -0.3 is 4.74 Å². The van der Waals surface area contributed by atoms with Crippen molar-refractivity contribution in [2.45, 2.75) is 6.61 Å². The van der Waals surface area contributed by atoms with Gasteiger partial charge in [-0.2, -0.15) is 14.0 Å². The van der Waals surface area contributed by atoms with Crippen LogP contribution in [0.5, 0.6) is 5.75 Å². The lowest BCUT2D eigenvalue weighted by Crippen LogP contribution is -2.03. The van der Waals surface area contributed by atoms with Crippen LogP contribution in [0, 0.1) is 11.3 Å². The lowest BCUT2D eigenvalue weighted by Gasteiger charge is -2.04. The highest BCUT2D eigenvalue weighted by molar-refractivity contribution is 9.10. The number of hydrogen-bond acceptors (Lipinski definition) is 3. The normalized spacial score (nSPS) is 9.77. The van der Waals surface area contributed by atoms with Gasteiger partial charge in [0.2, 0.25) is 0 Å². The number of nitriles is 1. The molecule has 0 aliphatic rings. The fourth-order valence-electron chi connectivity index (χ4n) is 0.695. The van der Waals surface area contributed by atoms with Gasteiger partial charge in [-0.3, -0.25) is 0 Å². The van der Waals surface area contributed by atoms with Crippen molar-refractivity contribution in [3.05, 3.63) is 22.4 Å². The first-order chi connectivity index (χ1) is 6.13. The third-order valence-electron chi connectivity index (χ3n) is 1.17. The molecule has 0 aliphatic carbocycles. The first-order valence-electron chi connectivity index (χ1n) is 3.14. The molecular weight excluding hydrogens is 246 g/mol. The summed E-state index contributed by atoms with van der Waals surface area (Å²) in [5.74, 6) is -0.222. The molecule has 0 fully saturated rings. The zero-order chi connectivity index (χ0) is 9.84. The van der Waals surface area contributed by atoms with E-state index >= 15 is 0 Å². The summed E-state index contributed by atoms with van der Waals surface area (Å²) in [5.41, 5.74) is 0.0159. The minimum Gasteiger partial charge on any atom is -0.432 e. The predicted molar refractivity (Wildman–Crippen MR) is 43.3 cm³/mol. The molecule has 6 heteroatoms. The fourth-order valence-corrected chi connectivity index (χ4v) is 1.03. The molecule has 1 rings (SSSR count). The smallest absolute Gasteiger partial charge is 0.387 e. The highest BCUT2D eigenvalue weighted by Crippen LogP contribution is 2.21. The molecule has 0 saturated heterocycles. The van der Waals surface area contributed by atoms with Gasteiger partial charge in [0, 0.05) is 0 Å². The van der Waals surface area contributed by atoms with Crippen molar-refractivity contribution >= 4 is 15.9 Å². The summed E-state index contributed by atoms with van der Waals surface area (Å²) in [6.45, 7) is -2.95. The van der Waals surface area contributed by atoms with E-state index < -0.39 is 6.61 Å². The summed E-state index contributed by atoms with van der Waals surface area (Å²) >= 11 is 3.00. The van der Waals surface area contributed by atoms with Crippen LogP contribution in [-0.4, -0.2) is 11.6 Å². The molecule has 68 valence electrons. The summed E-state index contributed by atoms with van der Waals surface area (Å²) in [5, 5.41) is 8.53. The number of rotatable bonds is 2. The summed E-state index contributed by atoms with van der Waals surface area (Å²) in [6, 6.07) is 3.02. The number of alkyl halides is 2. The Labute approximate surface area is 81.1 Å². The summed E-state index contributed by atoms with van der Waals surface area (Å²) < 4.78 is 28.0. The summed E-state index contributed by atoms with van der Waals surface area (Å²) in [7, 11) is 0. The van der Waals surface area contributed by atoms with Crippen LogP contribution in [0.25, 0.3) is 0 Å².